The molecular weight excluding hydrogens is 364 g/mol. The van der Waals surface area contributed by atoms with Crippen molar-refractivity contribution in [2.75, 3.05) is 0 Å². The minimum atomic E-state index is 0.787. The third-order valence-corrected chi connectivity index (χ3v) is 8.19. The summed E-state index contributed by atoms with van der Waals surface area (Å²) in [4.78, 5) is 4.45. The fourth-order valence-corrected chi connectivity index (χ4v) is 6.28. The van der Waals surface area contributed by atoms with Crippen molar-refractivity contribution in [1.82, 2.24) is 0 Å². The Morgan fingerprint density at radius 2 is 1.67 bits per heavy atom. The molecule has 0 fully saturated rings. The van der Waals surface area contributed by atoms with Gasteiger partial charge in [-0.1, -0.05) is 71.8 Å². The maximum atomic E-state index is 2.57. The molecule has 0 aliphatic carbocycles. The zero-order valence-electron chi connectivity index (χ0n) is 18.1. The molecule has 0 spiro atoms. The molecule has 1 aliphatic heterocycles. The van der Waals surface area contributed by atoms with Gasteiger partial charge in [-0.2, -0.15) is 0 Å². The van der Waals surface area contributed by atoms with Crippen molar-refractivity contribution in [3.05, 3.63) is 38.4 Å². The van der Waals surface area contributed by atoms with Gasteiger partial charge >= 0.3 is 0 Å². The Labute approximate surface area is 176 Å². The lowest BCUT2D eigenvalue weighted by Crippen LogP contribution is -2.09. The predicted molar refractivity (Wildman–Crippen MR) is 128 cm³/mol. The number of thioether (sulfide) groups is 1. The van der Waals surface area contributed by atoms with E-state index in [4.69, 9.17) is 0 Å². The highest BCUT2D eigenvalue weighted by Crippen LogP contribution is 2.42. The highest BCUT2D eigenvalue weighted by Gasteiger charge is 2.25. The summed E-state index contributed by atoms with van der Waals surface area (Å²) >= 11 is 4.08. The van der Waals surface area contributed by atoms with Gasteiger partial charge in [-0.05, 0) is 62.3 Å². The van der Waals surface area contributed by atoms with Gasteiger partial charge in [-0.3, -0.25) is 0 Å². The molecule has 0 radical (unpaired) electrons. The van der Waals surface area contributed by atoms with Gasteiger partial charge in [0, 0.05) is 19.9 Å². The lowest BCUT2D eigenvalue weighted by atomic mass is 9.95. The Kier molecular flexibility index (Phi) is 10.9. The second-order valence-corrected chi connectivity index (χ2v) is 10.6. The Bertz CT molecular complexity index is 593. The predicted octanol–water partition coefficient (Wildman–Crippen LogP) is 9.19. The second-order valence-electron chi connectivity index (χ2n) is 8.04. The van der Waals surface area contributed by atoms with Crippen LogP contribution in [-0.2, 0) is 6.42 Å². The standard InChI is InChI=1S/C25H40S2/c1-5-8-10-12-14-21-18-20(4)26-25(21)17-16-23-19-22(24(7-3)27-23)15-13-11-9-6-2/h16-19,22,24H,5-15H2,1-4H3/b17-16+. The molecule has 2 rings (SSSR count). The van der Waals surface area contributed by atoms with E-state index in [-0.39, 0.29) is 0 Å². The quantitative estimate of drug-likeness (QED) is 0.295. The molecule has 0 bridgehead atoms. The van der Waals surface area contributed by atoms with Crippen molar-refractivity contribution in [1.29, 1.82) is 0 Å². The highest BCUT2D eigenvalue weighted by molar-refractivity contribution is 8.04. The lowest BCUT2D eigenvalue weighted by molar-refractivity contribution is 0.512. The van der Waals surface area contributed by atoms with Crippen molar-refractivity contribution in [2.45, 2.75) is 104 Å². The minimum absolute atomic E-state index is 0.787. The number of unbranched alkanes of at least 4 members (excludes halogenated alkanes) is 6. The number of hydrogen-bond acceptors (Lipinski definition) is 2. The fourth-order valence-electron chi connectivity index (χ4n) is 4.00. The molecule has 1 aromatic heterocycles. The zero-order chi connectivity index (χ0) is 19.5. The Balaban J connectivity index is 1.94. The van der Waals surface area contributed by atoms with Crippen LogP contribution in [0.3, 0.4) is 0 Å². The molecule has 27 heavy (non-hydrogen) atoms. The van der Waals surface area contributed by atoms with E-state index in [0.29, 0.717) is 0 Å². The first-order valence-electron chi connectivity index (χ1n) is 11.3. The first-order valence-corrected chi connectivity index (χ1v) is 13.0. The summed E-state index contributed by atoms with van der Waals surface area (Å²) in [6.07, 6.45) is 22.2. The second kappa shape index (κ2) is 12.9. The molecule has 2 atom stereocenters. The summed E-state index contributed by atoms with van der Waals surface area (Å²) in [5.41, 5.74) is 1.57. The van der Waals surface area contributed by atoms with Crippen LogP contribution in [0.5, 0.6) is 0 Å². The van der Waals surface area contributed by atoms with Crippen LogP contribution in [0.2, 0.25) is 0 Å². The van der Waals surface area contributed by atoms with Gasteiger partial charge in [-0.25, -0.2) is 0 Å². The molecule has 0 saturated heterocycles. The van der Waals surface area contributed by atoms with E-state index in [1.54, 1.807) is 5.56 Å². The molecule has 0 N–H and O–H groups in total. The van der Waals surface area contributed by atoms with Crippen LogP contribution >= 0.6 is 23.1 Å². The van der Waals surface area contributed by atoms with Crippen molar-refractivity contribution < 1.29 is 0 Å². The molecule has 152 valence electrons. The van der Waals surface area contributed by atoms with E-state index in [9.17, 15) is 0 Å². The third kappa shape index (κ3) is 7.81. The van der Waals surface area contributed by atoms with Crippen LogP contribution < -0.4 is 0 Å². The first kappa shape index (κ1) is 22.8. The summed E-state index contributed by atoms with van der Waals surface area (Å²) in [6.45, 7) is 9.19. The highest BCUT2D eigenvalue weighted by atomic mass is 32.2. The van der Waals surface area contributed by atoms with Gasteiger partial charge < -0.3 is 0 Å². The van der Waals surface area contributed by atoms with Crippen molar-refractivity contribution >= 4 is 29.2 Å². The first-order chi connectivity index (χ1) is 13.2. The van der Waals surface area contributed by atoms with Crippen LogP contribution in [0.25, 0.3) is 6.08 Å². The Morgan fingerprint density at radius 3 is 2.37 bits per heavy atom. The van der Waals surface area contributed by atoms with E-state index < -0.39 is 0 Å². The van der Waals surface area contributed by atoms with E-state index in [0.717, 1.165) is 11.2 Å². The van der Waals surface area contributed by atoms with Gasteiger partial charge in [0.05, 0.1) is 0 Å². The van der Waals surface area contributed by atoms with Gasteiger partial charge in [-0.15, -0.1) is 23.1 Å². The summed E-state index contributed by atoms with van der Waals surface area (Å²) < 4.78 is 0. The van der Waals surface area contributed by atoms with Crippen LogP contribution in [0.15, 0.2) is 23.1 Å². The molecule has 0 nitrogen and oxygen atoms in total. The monoisotopic (exact) mass is 404 g/mol. The van der Waals surface area contributed by atoms with Crippen LogP contribution in [0, 0.1) is 12.8 Å². The molecule has 1 aliphatic rings. The van der Waals surface area contributed by atoms with Gasteiger partial charge in [0.25, 0.3) is 0 Å². The Morgan fingerprint density at radius 1 is 0.926 bits per heavy atom. The van der Waals surface area contributed by atoms with Crippen LogP contribution in [0.4, 0.5) is 0 Å². The van der Waals surface area contributed by atoms with Crippen molar-refractivity contribution in [3.8, 4) is 0 Å². The lowest BCUT2D eigenvalue weighted by Gasteiger charge is -2.16. The van der Waals surface area contributed by atoms with Crippen LogP contribution in [-0.4, -0.2) is 5.25 Å². The van der Waals surface area contributed by atoms with Gasteiger partial charge in [0.2, 0.25) is 0 Å². The van der Waals surface area contributed by atoms with E-state index in [1.165, 1.54) is 85.3 Å². The number of aryl methyl sites for hydroxylation is 2. The van der Waals surface area contributed by atoms with Gasteiger partial charge in [0.1, 0.15) is 0 Å². The largest absolute Gasteiger partial charge is 0.141 e. The van der Waals surface area contributed by atoms with Gasteiger partial charge in [0.15, 0.2) is 0 Å². The van der Waals surface area contributed by atoms with E-state index >= 15 is 0 Å². The summed E-state index contributed by atoms with van der Waals surface area (Å²) in [5, 5.41) is 0.796. The fraction of sp³-hybridized carbons (Fsp3) is 0.680. The molecule has 0 saturated carbocycles. The number of allylic oxidation sites excluding steroid dienone is 2. The average molecular weight is 405 g/mol. The van der Waals surface area contributed by atoms with Crippen molar-refractivity contribution in [2.24, 2.45) is 5.92 Å². The maximum absolute atomic E-state index is 2.57. The summed E-state index contributed by atoms with van der Waals surface area (Å²) in [7, 11) is 0. The topological polar surface area (TPSA) is 0 Å². The molecular formula is C25H40S2. The molecule has 0 aromatic carbocycles. The zero-order valence-corrected chi connectivity index (χ0v) is 19.7. The van der Waals surface area contributed by atoms with E-state index in [1.807, 2.05) is 11.3 Å². The van der Waals surface area contributed by atoms with Crippen molar-refractivity contribution in [3.63, 3.8) is 0 Å². The Hall–Kier alpha value is -0.470. The number of rotatable bonds is 13. The summed E-state index contributed by atoms with van der Waals surface area (Å²) in [6, 6.07) is 2.41. The minimum Gasteiger partial charge on any atom is -0.141 e. The molecule has 2 heterocycles. The maximum Gasteiger partial charge on any atom is 0.0305 e. The third-order valence-electron chi connectivity index (χ3n) is 5.60. The molecule has 2 heteroatoms. The molecule has 2 unspecified atom stereocenters. The number of thiophene rings is 1. The molecule has 1 aromatic rings. The molecule has 0 amide bonds. The average Bonchev–Trinajstić information content (AvgIpc) is 3.23. The van der Waals surface area contributed by atoms with Crippen LogP contribution in [0.1, 0.15) is 100 Å². The smallest absolute Gasteiger partial charge is 0.0305 e. The normalized spacial score (nSPS) is 19.9. The number of hydrogen-bond donors (Lipinski definition) is 0. The summed E-state index contributed by atoms with van der Waals surface area (Å²) in [5.74, 6) is 0.787. The SMILES string of the molecule is CCCCCCc1cc(C)sc1/C=C/C1=CC(CCCCCC)C(CC)S1. The van der Waals surface area contributed by atoms with E-state index in [2.05, 4.69) is 63.8 Å².